The van der Waals surface area contributed by atoms with Crippen LogP contribution in [0.25, 0.3) is 10.9 Å². The lowest BCUT2D eigenvalue weighted by Gasteiger charge is -2.32. The van der Waals surface area contributed by atoms with Gasteiger partial charge in [-0.2, -0.15) is 0 Å². The monoisotopic (exact) mass is 403 g/mol. The number of halogens is 3. The van der Waals surface area contributed by atoms with E-state index in [0.29, 0.717) is 22.0 Å². The number of amides is 1. The third-order valence-corrected chi connectivity index (χ3v) is 4.86. The maximum absolute atomic E-state index is 12.9. The molecule has 1 fully saturated rings. The number of hydrogen-bond acceptors (Lipinski definition) is 3. The Kier molecular flexibility index (Phi) is 8.94. The Morgan fingerprint density at radius 1 is 1.28 bits per heavy atom. The standard InChI is InChI=1S/C18H22ClN3O.2ClH/c1-2-20-12-13-7-10-22(11-8-13)18(23)15-5-6-16(19)14-4-3-9-21-17(14)15;;/h3-6,9,13,20H,2,7-8,10-12H2,1H3;2*1H. The van der Waals surface area contributed by atoms with Gasteiger partial charge in [-0.25, -0.2) is 0 Å². The Morgan fingerprint density at radius 3 is 2.68 bits per heavy atom. The number of nitrogens with one attached hydrogen (secondary N) is 1. The van der Waals surface area contributed by atoms with E-state index in [9.17, 15) is 4.79 Å². The van der Waals surface area contributed by atoms with Crippen LogP contribution in [-0.2, 0) is 0 Å². The number of pyridine rings is 1. The topological polar surface area (TPSA) is 45.2 Å². The highest BCUT2D eigenvalue weighted by molar-refractivity contribution is 6.36. The zero-order chi connectivity index (χ0) is 16.2. The number of likely N-dealkylation sites (tertiary alicyclic amines) is 1. The van der Waals surface area contributed by atoms with Crippen LogP contribution in [0.3, 0.4) is 0 Å². The van der Waals surface area contributed by atoms with E-state index >= 15 is 0 Å². The van der Waals surface area contributed by atoms with Crippen LogP contribution in [-0.4, -0.2) is 42.0 Å². The molecular formula is C18H24Cl3N3O. The second-order valence-electron chi connectivity index (χ2n) is 6.04. The Bertz CT molecular complexity index is 703. The third kappa shape index (κ3) is 4.98. The van der Waals surface area contributed by atoms with E-state index in [0.717, 1.165) is 44.4 Å². The van der Waals surface area contributed by atoms with Crippen molar-refractivity contribution in [3.05, 3.63) is 41.0 Å². The molecule has 138 valence electrons. The zero-order valence-corrected chi connectivity index (χ0v) is 16.6. The van der Waals surface area contributed by atoms with Gasteiger partial charge in [0, 0.05) is 24.7 Å². The van der Waals surface area contributed by atoms with Gasteiger partial charge in [0.2, 0.25) is 0 Å². The molecule has 2 aromatic rings. The van der Waals surface area contributed by atoms with Gasteiger partial charge in [-0.3, -0.25) is 9.78 Å². The number of carbonyl (C=O) groups excluding carboxylic acids is 1. The second-order valence-corrected chi connectivity index (χ2v) is 6.44. The lowest BCUT2D eigenvalue weighted by molar-refractivity contribution is 0.0692. The predicted octanol–water partition coefficient (Wildman–Crippen LogP) is 4.19. The van der Waals surface area contributed by atoms with Gasteiger partial charge in [0.05, 0.1) is 16.1 Å². The first-order valence-electron chi connectivity index (χ1n) is 8.24. The van der Waals surface area contributed by atoms with Crippen molar-refractivity contribution in [1.82, 2.24) is 15.2 Å². The molecule has 2 heterocycles. The molecule has 1 N–H and O–H groups in total. The Morgan fingerprint density at radius 2 is 2.00 bits per heavy atom. The van der Waals surface area contributed by atoms with E-state index in [2.05, 4.69) is 17.2 Å². The molecule has 0 unspecified atom stereocenters. The summed E-state index contributed by atoms with van der Waals surface area (Å²) >= 11 is 6.22. The fourth-order valence-electron chi connectivity index (χ4n) is 3.17. The molecule has 1 aliphatic heterocycles. The van der Waals surface area contributed by atoms with Crippen molar-refractivity contribution in [2.75, 3.05) is 26.2 Å². The van der Waals surface area contributed by atoms with E-state index in [1.54, 1.807) is 18.3 Å². The van der Waals surface area contributed by atoms with Crippen LogP contribution in [0.4, 0.5) is 0 Å². The van der Waals surface area contributed by atoms with Crippen LogP contribution < -0.4 is 5.32 Å². The first kappa shape index (κ1) is 22.0. The van der Waals surface area contributed by atoms with E-state index in [-0.39, 0.29) is 30.7 Å². The van der Waals surface area contributed by atoms with Crippen LogP contribution in [0, 0.1) is 5.92 Å². The Hall–Kier alpha value is -1.07. The maximum atomic E-state index is 12.9. The van der Waals surface area contributed by atoms with Crippen molar-refractivity contribution in [2.24, 2.45) is 5.92 Å². The van der Waals surface area contributed by atoms with Gasteiger partial charge >= 0.3 is 0 Å². The highest BCUT2D eigenvalue weighted by Crippen LogP contribution is 2.27. The number of aromatic nitrogens is 1. The van der Waals surface area contributed by atoms with Gasteiger partial charge in [0.25, 0.3) is 5.91 Å². The molecule has 0 bridgehead atoms. The summed E-state index contributed by atoms with van der Waals surface area (Å²) in [5.41, 5.74) is 1.34. The fraction of sp³-hybridized carbons (Fsp3) is 0.444. The molecule has 0 saturated carbocycles. The fourth-order valence-corrected chi connectivity index (χ4v) is 3.38. The summed E-state index contributed by atoms with van der Waals surface area (Å²) < 4.78 is 0. The van der Waals surface area contributed by atoms with Crippen molar-refractivity contribution >= 4 is 53.2 Å². The number of benzene rings is 1. The second kappa shape index (κ2) is 10.2. The van der Waals surface area contributed by atoms with E-state index in [4.69, 9.17) is 11.6 Å². The van der Waals surface area contributed by atoms with Crippen molar-refractivity contribution < 1.29 is 4.79 Å². The van der Waals surface area contributed by atoms with Gasteiger partial charge in [-0.15, -0.1) is 24.8 Å². The summed E-state index contributed by atoms with van der Waals surface area (Å²) in [7, 11) is 0. The number of carbonyl (C=O) groups is 1. The zero-order valence-electron chi connectivity index (χ0n) is 14.2. The molecule has 0 aliphatic carbocycles. The largest absolute Gasteiger partial charge is 0.339 e. The van der Waals surface area contributed by atoms with Crippen molar-refractivity contribution in [2.45, 2.75) is 19.8 Å². The third-order valence-electron chi connectivity index (χ3n) is 4.53. The quantitative estimate of drug-likeness (QED) is 0.831. The summed E-state index contributed by atoms with van der Waals surface area (Å²) in [4.78, 5) is 19.2. The van der Waals surface area contributed by atoms with Crippen LogP contribution in [0.2, 0.25) is 5.02 Å². The molecule has 1 amide bonds. The molecule has 4 nitrogen and oxygen atoms in total. The molecule has 0 radical (unpaired) electrons. The SMILES string of the molecule is CCNCC1CCN(C(=O)c2ccc(Cl)c3cccnc23)CC1.Cl.Cl. The minimum Gasteiger partial charge on any atom is -0.339 e. The summed E-state index contributed by atoms with van der Waals surface area (Å²) in [6, 6.07) is 7.33. The van der Waals surface area contributed by atoms with E-state index in [1.807, 2.05) is 17.0 Å². The Balaban J connectivity index is 0.00000156. The number of nitrogens with zero attached hydrogens (tertiary/aromatic N) is 2. The molecule has 1 aromatic carbocycles. The van der Waals surface area contributed by atoms with Gasteiger partial charge < -0.3 is 10.2 Å². The number of hydrogen-bond donors (Lipinski definition) is 1. The average molecular weight is 405 g/mol. The van der Waals surface area contributed by atoms with E-state index in [1.165, 1.54) is 0 Å². The molecule has 0 atom stereocenters. The molecule has 7 heteroatoms. The lowest BCUT2D eigenvalue weighted by atomic mass is 9.96. The molecule has 1 saturated heterocycles. The Labute approximate surface area is 166 Å². The van der Waals surface area contributed by atoms with Gasteiger partial charge in [-0.05, 0) is 56.1 Å². The number of fused-ring (bicyclic) bond motifs is 1. The highest BCUT2D eigenvalue weighted by Gasteiger charge is 2.25. The molecule has 0 spiro atoms. The van der Waals surface area contributed by atoms with Gasteiger partial charge in [0.15, 0.2) is 0 Å². The van der Waals surface area contributed by atoms with Crippen LogP contribution in [0.15, 0.2) is 30.5 Å². The normalized spacial score (nSPS) is 14.7. The molecule has 1 aliphatic rings. The minimum atomic E-state index is 0. The van der Waals surface area contributed by atoms with Crippen molar-refractivity contribution in [1.29, 1.82) is 0 Å². The first-order valence-corrected chi connectivity index (χ1v) is 8.61. The van der Waals surface area contributed by atoms with Gasteiger partial charge in [-0.1, -0.05) is 18.5 Å². The van der Waals surface area contributed by atoms with Crippen LogP contribution in [0.5, 0.6) is 0 Å². The lowest BCUT2D eigenvalue weighted by Crippen LogP contribution is -2.40. The summed E-state index contributed by atoms with van der Waals surface area (Å²) in [6.45, 7) is 5.79. The number of rotatable bonds is 4. The smallest absolute Gasteiger partial charge is 0.256 e. The number of piperidine rings is 1. The molecule has 3 rings (SSSR count). The minimum absolute atomic E-state index is 0. The molecule has 1 aromatic heterocycles. The van der Waals surface area contributed by atoms with E-state index < -0.39 is 0 Å². The maximum Gasteiger partial charge on any atom is 0.256 e. The first-order chi connectivity index (χ1) is 11.2. The summed E-state index contributed by atoms with van der Waals surface area (Å²) in [5.74, 6) is 0.728. The molecular weight excluding hydrogens is 381 g/mol. The van der Waals surface area contributed by atoms with Crippen LogP contribution >= 0.6 is 36.4 Å². The average Bonchev–Trinajstić information content (AvgIpc) is 2.60. The highest BCUT2D eigenvalue weighted by atomic mass is 35.5. The summed E-state index contributed by atoms with van der Waals surface area (Å²) in [6.07, 6.45) is 3.81. The molecule has 25 heavy (non-hydrogen) atoms. The van der Waals surface area contributed by atoms with Crippen molar-refractivity contribution in [3.63, 3.8) is 0 Å². The predicted molar refractivity (Wildman–Crippen MR) is 108 cm³/mol. The van der Waals surface area contributed by atoms with Crippen LogP contribution in [0.1, 0.15) is 30.1 Å². The van der Waals surface area contributed by atoms with Gasteiger partial charge in [0.1, 0.15) is 0 Å². The van der Waals surface area contributed by atoms with Crippen molar-refractivity contribution in [3.8, 4) is 0 Å². The summed E-state index contributed by atoms with van der Waals surface area (Å²) in [5, 5.41) is 4.86.